The standard InChI is InChI=1S/C14H21ClN2OS/c1-10-3-2-4-11(5-10)8-16-13(18)6-14-17-12(7-15)9-19-14/h9-11H,2-8H2,1H3,(H,16,18). The zero-order valence-corrected chi connectivity index (χ0v) is 12.9. The summed E-state index contributed by atoms with van der Waals surface area (Å²) >= 11 is 7.20. The first kappa shape index (κ1) is 14.8. The van der Waals surface area contributed by atoms with Crippen molar-refractivity contribution in [2.45, 2.75) is 44.9 Å². The molecule has 0 spiro atoms. The van der Waals surface area contributed by atoms with Crippen LogP contribution in [0.4, 0.5) is 0 Å². The molecule has 19 heavy (non-hydrogen) atoms. The van der Waals surface area contributed by atoms with Crippen LogP contribution in [0.5, 0.6) is 0 Å². The third kappa shape index (κ3) is 4.77. The van der Waals surface area contributed by atoms with Gasteiger partial charge in [-0.15, -0.1) is 22.9 Å². The summed E-state index contributed by atoms with van der Waals surface area (Å²) in [7, 11) is 0. The predicted octanol–water partition coefficient (Wildman–Crippen LogP) is 3.37. The van der Waals surface area contributed by atoms with Crippen LogP contribution in [0.2, 0.25) is 0 Å². The number of rotatable bonds is 5. The lowest BCUT2D eigenvalue weighted by molar-refractivity contribution is -0.120. The number of thiazole rings is 1. The number of nitrogens with one attached hydrogen (secondary N) is 1. The maximum atomic E-state index is 11.9. The third-order valence-corrected chi connectivity index (χ3v) is 4.85. The molecule has 5 heteroatoms. The van der Waals surface area contributed by atoms with Gasteiger partial charge in [-0.2, -0.15) is 0 Å². The van der Waals surface area contributed by atoms with Crippen molar-refractivity contribution >= 4 is 28.8 Å². The third-order valence-electron chi connectivity index (χ3n) is 3.68. The molecule has 0 aliphatic heterocycles. The Kier molecular flexibility index (Phi) is 5.64. The molecule has 1 aliphatic rings. The molecule has 0 aromatic carbocycles. The molecule has 2 unspecified atom stereocenters. The predicted molar refractivity (Wildman–Crippen MR) is 79.5 cm³/mol. The number of carbonyl (C=O) groups excluding carboxylic acids is 1. The number of halogens is 1. The fourth-order valence-electron chi connectivity index (χ4n) is 2.69. The monoisotopic (exact) mass is 300 g/mol. The number of amides is 1. The molecule has 0 saturated heterocycles. The minimum atomic E-state index is 0.0775. The Morgan fingerprint density at radius 3 is 3.11 bits per heavy atom. The summed E-state index contributed by atoms with van der Waals surface area (Å²) in [6.07, 6.45) is 5.51. The summed E-state index contributed by atoms with van der Waals surface area (Å²) in [5.74, 6) is 1.95. The summed E-state index contributed by atoms with van der Waals surface area (Å²) in [5.41, 5.74) is 0.857. The van der Waals surface area contributed by atoms with E-state index in [2.05, 4.69) is 17.2 Å². The van der Waals surface area contributed by atoms with E-state index >= 15 is 0 Å². The van der Waals surface area contributed by atoms with E-state index in [1.165, 1.54) is 37.0 Å². The molecular formula is C14H21ClN2OS. The van der Waals surface area contributed by atoms with Crippen LogP contribution >= 0.6 is 22.9 Å². The number of hydrogen-bond donors (Lipinski definition) is 1. The Labute approximate surface area is 123 Å². The molecule has 1 fully saturated rings. The van der Waals surface area contributed by atoms with Gasteiger partial charge in [0.2, 0.25) is 5.91 Å². The average molecular weight is 301 g/mol. The van der Waals surface area contributed by atoms with E-state index in [-0.39, 0.29) is 5.91 Å². The van der Waals surface area contributed by atoms with Crippen molar-refractivity contribution in [2.75, 3.05) is 6.54 Å². The van der Waals surface area contributed by atoms with Crippen LogP contribution < -0.4 is 5.32 Å². The molecule has 106 valence electrons. The van der Waals surface area contributed by atoms with Gasteiger partial charge >= 0.3 is 0 Å². The molecule has 0 bridgehead atoms. The second-order valence-electron chi connectivity index (χ2n) is 5.48. The van der Waals surface area contributed by atoms with Gasteiger partial charge in [-0.25, -0.2) is 4.98 Å². The second-order valence-corrected chi connectivity index (χ2v) is 6.69. The van der Waals surface area contributed by atoms with Crippen LogP contribution in [0.3, 0.4) is 0 Å². The van der Waals surface area contributed by atoms with Crippen molar-refractivity contribution in [3.8, 4) is 0 Å². The van der Waals surface area contributed by atoms with Gasteiger partial charge < -0.3 is 5.32 Å². The number of nitrogens with zero attached hydrogens (tertiary/aromatic N) is 1. The lowest BCUT2D eigenvalue weighted by Crippen LogP contribution is -2.32. The second kappa shape index (κ2) is 7.25. The number of hydrogen-bond acceptors (Lipinski definition) is 3. The molecule has 0 radical (unpaired) electrons. The Morgan fingerprint density at radius 1 is 1.58 bits per heavy atom. The average Bonchev–Trinajstić information content (AvgIpc) is 2.84. The molecule has 3 nitrogen and oxygen atoms in total. The van der Waals surface area contributed by atoms with E-state index in [0.29, 0.717) is 18.2 Å². The molecule has 2 rings (SSSR count). The molecule has 1 aromatic heterocycles. The van der Waals surface area contributed by atoms with Crippen LogP contribution in [0.15, 0.2) is 5.38 Å². The maximum Gasteiger partial charge on any atom is 0.226 e. The summed E-state index contributed by atoms with van der Waals surface area (Å²) in [5, 5.41) is 5.81. The summed E-state index contributed by atoms with van der Waals surface area (Å²) in [4.78, 5) is 16.2. The Balaban J connectivity index is 1.72. The van der Waals surface area contributed by atoms with E-state index in [9.17, 15) is 4.79 Å². The SMILES string of the molecule is CC1CCCC(CNC(=O)Cc2nc(CCl)cs2)C1. The van der Waals surface area contributed by atoms with E-state index in [4.69, 9.17) is 11.6 Å². The van der Waals surface area contributed by atoms with E-state index in [1.54, 1.807) is 0 Å². The van der Waals surface area contributed by atoms with Gasteiger partial charge in [0.1, 0.15) is 5.01 Å². The van der Waals surface area contributed by atoms with Gasteiger partial charge in [0, 0.05) is 11.9 Å². The largest absolute Gasteiger partial charge is 0.355 e. The quantitative estimate of drug-likeness (QED) is 0.847. The van der Waals surface area contributed by atoms with Crippen LogP contribution in [-0.4, -0.2) is 17.4 Å². The maximum absolute atomic E-state index is 11.9. The highest BCUT2D eigenvalue weighted by atomic mass is 35.5. The number of carbonyl (C=O) groups is 1. The highest BCUT2D eigenvalue weighted by molar-refractivity contribution is 7.09. The fourth-order valence-corrected chi connectivity index (χ4v) is 3.72. The first-order valence-electron chi connectivity index (χ1n) is 6.93. The molecular weight excluding hydrogens is 280 g/mol. The summed E-state index contributed by atoms with van der Waals surface area (Å²) < 4.78 is 0. The van der Waals surface area contributed by atoms with Gasteiger partial charge in [0.15, 0.2) is 0 Å². The molecule has 1 aromatic rings. The van der Waals surface area contributed by atoms with Gasteiger partial charge in [0.05, 0.1) is 18.0 Å². The fraction of sp³-hybridized carbons (Fsp3) is 0.714. The molecule has 1 N–H and O–H groups in total. The van der Waals surface area contributed by atoms with Crippen molar-refractivity contribution in [2.24, 2.45) is 11.8 Å². The Morgan fingerprint density at radius 2 is 2.42 bits per heavy atom. The summed E-state index contributed by atoms with van der Waals surface area (Å²) in [6, 6.07) is 0. The molecule has 2 atom stereocenters. The first-order chi connectivity index (χ1) is 9.17. The zero-order chi connectivity index (χ0) is 13.7. The summed E-state index contributed by atoms with van der Waals surface area (Å²) in [6.45, 7) is 3.12. The normalized spacial score (nSPS) is 23.3. The highest BCUT2D eigenvalue weighted by Crippen LogP contribution is 2.27. The Bertz CT molecular complexity index is 421. The van der Waals surface area contributed by atoms with E-state index in [0.717, 1.165) is 23.2 Å². The van der Waals surface area contributed by atoms with Gasteiger partial charge in [-0.05, 0) is 24.7 Å². The minimum Gasteiger partial charge on any atom is -0.355 e. The van der Waals surface area contributed by atoms with Crippen molar-refractivity contribution < 1.29 is 4.79 Å². The van der Waals surface area contributed by atoms with E-state index < -0.39 is 0 Å². The van der Waals surface area contributed by atoms with Crippen LogP contribution in [0, 0.1) is 11.8 Å². The van der Waals surface area contributed by atoms with Crippen LogP contribution in [0.1, 0.15) is 43.3 Å². The van der Waals surface area contributed by atoms with Gasteiger partial charge in [-0.3, -0.25) is 4.79 Å². The molecule has 1 aliphatic carbocycles. The van der Waals surface area contributed by atoms with Crippen molar-refractivity contribution in [3.63, 3.8) is 0 Å². The topological polar surface area (TPSA) is 42.0 Å². The van der Waals surface area contributed by atoms with Crippen molar-refractivity contribution in [1.82, 2.24) is 10.3 Å². The Hall–Kier alpha value is -0.610. The molecule has 1 heterocycles. The van der Waals surface area contributed by atoms with Crippen molar-refractivity contribution in [1.29, 1.82) is 0 Å². The first-order valence-corrected chi connectivity index (χ1v) is 8.34. The van der Waals surface area contributed by atoms with Crippen molar-refractivity contribution in [3.05, 3.63) is 16.1 Å². The molecule has 1 saturated carbocycles. The number of aromatic nitrogens is 1. The highest BCUT2D eigenvalue weighted by Gasteiger charge is 2.19. The lowest BCUT2D eigenvalue weighted by Gasteiger charge is -2.26. The molecule has 1 amide bonds. The van der Waals surface area contributed by atoms with Crippen LogP contribution in [0.25, 0.3) is 0 Å². The number of alkyl halides is 1. The minimum absolute atomic E-state index is 0.0775. The smallest absolute Gasteiger partial charge is 0.226 e. The zero-order valence-electron chi connectivity index (χ0n) is 11.3. The van der Waals surface area contributed by atoms with Gasteiger partial charge in [-0.1, -0.05) is 19.8 Å². The van der Waals surface area contributed by atoms with E-state index in [1.807, 2.05) is 5.38 Å². The van der Waals surface area contributed by atoms with Crippen LogP contribution in [-0.2, 0) is 17.1 Å². The van der Waals surface area contributed by atoms with Gasteiger partial charge in [0.25, 0.3) is 0 Å². The lowest BCUT2D eigenvalue weighted by atomic mass is 9.82.